The van der Waals surface area contributed by atoms with E-state index in [2.05, 4.69) is 52.0 Å². The van der Waals surface area contributed by atoms with Crippen LogP contribution in [0.5, 0.6) is 17.2 Å². The Balaban J connectivity index is 0.00000209. The lowest BCUT2D eigenvalue weighted by Gasteiger charge is -2.26. The predicted octanol–water partition coefficient (Wildman–Crippen LogP) is 22.3. The minimum atomic E-state index is -0.0772. The van der Waals surface area contributed by atoms with Crippen molar-refractivity contribution >= 4 is 55.5 Å². The Morgan fingerprint density at radius 1 is 0.333 bits per heavy atom. The van der Waals surface area contributed by atoms with Crippen LogP contribution in [0, 0.1) is 0 Å². The van der Waals surface area contributed by atoms with E-state index in [-0.39, 0.29) is 53.5 Å². The number of nitrogens with zero attached hydrogens (tertiary/aromatic N) is 6. The molecule has 3 saturated carbocycles. The van der Waals surface area contributed by atoms with Crippen LogP contribution in [0.1, 0.15) is 325 Å². The number of rotatable bonds is 21. The summed E-state index contributed by atoms with van der Waals surface area (Å²) >= 11 is 0. The molecule has 3 N–H and O–H groups in total. The molecule has 3 fully saturated rings. The van der Waals surface area contributed by atoms with Gasteiger partial charge in [0.2, 0.25) is 0 Å². The van der Waals surface area contributed by atoms with Crippen LogP contribution in [0.2, 0.25) is 0 Å². The molecule has 9 heteroatoms. The Bertz CT molecular complexity index is 2440. The fourth-order valence-electron chi connectivity index (χ4n) is 11.8. The largest absolute Gasteiger partial charge is 0.507 e. The molecular formula is C78H122N6O3. The van der Waals surface area contributed by atoms with Crippen molar-refractivity contribution in [3.63, 3.8) is 0 Å². The third-order valence-corrected chi connectivity index (χ3v) is 16.5. The SMILES string of the molecule is C/C=C/c1cc2c(O)c(c1)C=NC1CCCCC1N=Cc1cc(/C=C\CCCCCCCCCC)cc(c1O)C=NC1CCCCC1N=Cc1cc(/C=C\CCCCCCCCCC)cc(c1O)C=NC1CCCCC1N=C2.CC.CC.CC.CCC. The molecule has 4 aliphatic rings. The summed E-state index contributed by atoms with van der Waals surface area (Å²) in [6.07, 6.45) is 59.6. The number of unbranched alkanes of at least 4 members (excludes halogenated alkanes) is 16. The van der Waals surface area contributed by atoms with Crippen LogP contribution >= 0.6 is 0 Å². The molecular weight excluding hydrogens is 1070 g/mol. The van der Waals surface area contributed by atoms with Crippen molar-refractivity contribution in [3.8, 4) is 17.2 Å². The fraction of sp³-hybridized carbons (Fsp3) is 0.615. The second kappa shape index (κ2) is 47.3. The van der Waals surface area contributed by atoms with Gasteiger partial charge in [0.1, 0.15) is 17.2 Å². The van der Waals surface area contributed by atoms with Crippen molar-refractivity contribution in [1.82, 2.24) is 0 Å². The van der Waals surface area contributed by atoms with Gasteiger partial charge in [-0.25, -0.2) is 0 Å². The summed E-state index contributed by atoms with van der Waals surface area (Å²) in [7, 11) is 0. The summed E-state index contributed by atoms with van der Waals surface area (Å²) in [5.74, 6) is 0.480. The standard InChI is InChI=1S/C69H96N6O3.C3H8.3C2H6/c1-4-7-9-11-13-15-17-19-21-23-32-53-42-57-48-72-63-36-27-25-34-61(63)70-46-55-40-52(31-6-3)41-56(67(55)76)47-71-62-35-26-28-37-64(62)73-49-58-43-54(33-24-22-20-18-16-14-12-10-8-5-2)45-60(69(58)78)51-75-66-39-30-29-38-65(66)74-50-59(44-53)68(57)77;1-3-2;3*1-2/h6,23-24,31-33,40-51,61-66,76-78H,4-5,7-22,25-30,34-39H2,1-3H3;3H2,1-2H3;3*1-2H3/b31-6+,32-23-,33-24-,70-46?,71-47?,72-48?,73-49?,74-50?,75-51?;;;;. The molecule has 0 saturated heterocycles. The Hall–Kier alpha value is -5.70. The maximum absolute atomic E-state index is 12.0. The van der Waals surface area contributed by atoms with Gasteiger partial charge in [0.15, 0.2) is 0 Å². The van der Waals surface area contributed by atoms with E-state index in [1.165, 1.54) is 109 Å². The second-order valence-electron chi connectivity index (χ2n) is 23.6. The van der Waals surface area contributed by atoms with E-state index < -0.39 is 0 Å². The normalized spacial score (nSPS) is 20.2. The number of fused-ring (bicyclic) bond motifs is 9. The summed E-state index contributed by atoms with van der Waals surface area (Å²) in [5, 5.41) is 35.9. The third kappa shape index (κ3) is 28.1. The third-order valence-electron chi connectivity index (χ3n) is 16.5. The number of aromatic hydroxyl groups is 3. The number of phenols is 3. The number of benzene rings is 3. The topological polar surface area (TPSA) is 135 Å². The second-order valence-corrected chi connectivity index (χ2v) is 23.6. The maximum atomic E-state index is 12.0. The van der Waals surface area contributed by atoms with Crippen molar-refractivity contribution in [1.29, 1.82) is 0 Å². The smallest absolute Gasteiger partial charge is 0.133 e. The zero-order valence-corrected chi connectivity index (χ0v) is 56.8. The van der Waals surface area contributed by atoms with Gasteiger partial charge in [0.05, 0.1) is 36.3 Å². The van der Waals surface area contributed by atoms with Crippen LogP contribution in [-0.2, 0) is 0 Å². The number of allylic oxidation sites excluding steroid dienone is 3. The lowest BCUT2D eigenvalue weighted by Crippen LogP contribution is -2.27. The van der Waals surface area contributed by atoms with Crippen LogP contribution in [0.15, 0.2) is 84.6 Å². The van der Waals surface area contributed by atoms with E-state index in [4.69, 9.17) is 30.0 Å². The molecule has 6 unspecified atom stereocenters. The van der Waals surface area contributed by atoms with Crippen LogP contribution in [0.3, 0.4) is 0 Å². The van der Waals surface area contributed by atoms with Crippen molar-refractivity contribution < 1.29 is 15.3 Å². The first kappa shape index (κ1) is 75.5. The summed E-state index contributed by atoms with van der Waals surface area (Å²) in [6, 6.07) is 11.7. The average molecular weight is 1190 g/mol. The molecule has 0 spiro atoms. The van der Waals surface area contributed by atoms with Crippen LogP contribution < -0.4 is 0 Å². The summed E-state index contributed by atoms with van der Waals surface area (Å²) < 4.78 is 0. The Kier molecular flexibility index (Phi) is 41.1. The first-order valence-corrected chi connectivity index (χ1v) is 35.5. The van der Waals surface area contributed by atoms with Gasteiger partial charge in [-0.15, -0.1) is 0 Å². The van der Waals surface area contributed by atoms with Crippen molar-refractivity contribution in [2.75, 3.05) is 0 Å². The fourth-order valence-corrected chi connectivity index (χ4v) is 11.8. The predicted molar refractivity (Wildman–Crippen MR) is 385 cm³/mol. The molecule has 482 valence electrons. The van der Waals surface area contributed by atoms with Gasteiger partial charge < -0.3 is 15.3 Å². The van der Waals surface area contributed by atoms with Crippen LogP contribution in [0.25, 0.3) is 18.2 Å². The summed E-state index contributed by atoms with van der Waals surface area (Å²) in [6.45, 7) is 22.8. The quantitative estimate of drug-likeness (QED) is 0.0917. The van der Waals surface area contributed by atoms with Crippen molar-refractivity contribution in [2.45, 2.75) is 311 Å². The minimum absolute atomic E-state index is 0.0754. The molecule has 9 nitrogen and oxygen atoms in total. The molecule has 0 aromatic heterocycles. The average Bonchev–Trinajstić information content (AvgIpc) is 3.19. The lowest BCUT2D eigenvalue weighted by molar-refractivity contribution is 0.389. The molecule has 7 rings (SSSR count). The van der Waals surface area contributed by atoms with E-state index in [0.29, 0.717) is 33.4 Å². The number of hydrogen-bond acceptors (Lipinski definition) is 9. The van der Waals surface area contributed by atoms with Crippen molar-refractivity contribution in [2.24, 2.45) is 30.0 Å². The monoisotopic (exact) mass is 1190 g/mol. The zero-order chi connectivity index (χ0) is 63.3. The number of phenolic OH excluding ortho intramolecular Hbond substituents is 3. The van der Waals surface area contributed by atoms with Gasteiger partial charge >= 0.3 is 0 Å². The van der Waals surface area contributed by atoms with Crippen LogP contribution in [0.4, 0.5) is 0 Å². The summed E-state index contributed by atoms with van der Waals surface area (Å²) in [5.41, 5.74) is 6.92. The highest BCUT2D eigenvalue weighted by atomic mass is 16.3. The lowest BCUT2D eigenvalue weighted by atomic mass is 9.91. The Labute approximate surface area is 531 Å². The minimum Gasteiger partial charge on any atom is -0.507 e. The van der Waals surface area contributed by atoms with Gasteiger partial charge in [-0.1, -0.05) is 241 Å². The molecule has 0 radical (unpaired) electrons. The number of aliphatic imine (C=N–C) groups is 6. The van der Waals surface area contributed by atoms with Gasteiger partial charge in [0.25, 0.3) is 0 Å². The van der Waals surface area contributed by atoms with E-state index in [9.17, 15) is 15.3 Å². The first-order chi connectivity index (χ1) is 42.7. The molecule has 3 aromatic carbocycles. The molecule has 87 heavy (non-hydrogen) atoms. The van der Waals surface area contributed by atoms with Gasteiger partial charge in [-0.05, 0) is 124 Å². The number of hydrogen-bond donors (Lipinski definition) is 3. The van der Waals surface area contributed by atoms with Gasteiger partial charge in [-0.3, -0.25) is 30.0 Å². The Morgan fingerprint density at radius 2 is 0.540 bits per heavy atom. The Morgan fingerprint density at radius 3 is 0.759 bits per heavy atom. The zero-order valence-electron chi connectivity index (χ0n) is 56.8. The molecule has 1 heterocycles. The van der Waals surface area contributed by atoms with Gasteiger partial charge in [-0.2, -0.15) is 0 Å². The molecule has 6 atom stereocenters. The highest BCUT2D eigenvalue weighted by Gasteiger charge is 2.27. The van der Waals surface area contributed by atoms with E-state index in [0.717, 1.165) is 107 Å². The van der Waals surface area contributed by atoms with E-state index in [1.54, 1.807) is 0 Å². The highest BCUT2D eigenvalue weighted by Crippen LogP contribution is 2.32. The summed E-state index contributed by atoms with van der Waals surface area (Å²) in [4.78, 5) is 31.1. The van der Waals surface area contributed by atoms with Crippen LogP contribution in [-0.4, -0.2) is 88.9 Å². The molecule has 6 bridgehead atoms. The van der Waals surface area contributed by atoms with Crippen molar-refractivity contribution in [3.05, 3.63) is 105 Å². The first-order valence-electron chi connectivity index (χ1n) is 35.5. The molecule has 1 aliphatic heterocycles. The molecule has 3 aromatic rings. The maximum Gasteiger partial charge on any atom is 0.133 e. The molecule has 0 amide bonds. The highest BCUT2D eigenvalue weighted by molar-refractivity contribution is 5.95. The van der Waals surface area contributed by atoms with E-state index in [1.807, 2.05) is 134 Å². The van der Waals surface area contributed by atoms with E-state index >= 15 is 0 Å². The van der Waals surface area contributed by atoms with Gasteiger partial charge in [0, 0.05) is 70.7 Å². The molecule has 3 aliphatic carbocycles.